The van der Waals surface area contributed by atoms with Gasteiger partial charge in [-0.15, -0.1) is 0 Å². The quantitative estimate of drug-likeness (QED) is 0.479. The lowest BCUT2D eigenvalue weighted by Crippen LogP contribution is -2.48. The second-order valence-electron chi connectivity index (χ2n) is 7.01. The first-order chi connectivity index (χ1) is 14.8. The molecule has 0 saturated heterocycles. The fraction of sp³-hybridized carbons (Fsp3) is 0.0833. The van der Waals surface area contributed by atoms with E-state index in [0.29, 0.717) is 11.3 Å². The number of hydrogen-bond donors (Lipinski definition) is 0. The van der Waals surface area contributed by atoms with Crippen LogP contribution in [0.3, 0.4) is 0 Å². The number of hydrogen-bond acceptors (Lipinski definition) is 5. The maximum Gasteiger partial charge on any atom is 0.305 e. The molecule has 0 amide bonds. The molecule has 6 nitrogen and oxygen atoms in total. The van der Waals surface area contributed by atoms with Crippen LogP contribution in [0.15, 0.2) is 109 Å². The van der Waals surface area contributed by atoms with Gasteiger partial charge in [-0.25, -0.2) is 9.67 Å². The maximum absolute atomic E-state index is 13.9. The van der Waals surface area contributed by atoms with Crippen LogP contribution in [0.1, 0.15) is 27.4 Å². The van der Waals surface area contributed by atoms with Gasteiger partial charge in [-0.2, -0.15) is 5.10 Å². The zero-order valence-corrected chi connectivity index (χ0v) is 16.0. The molecule has 2 atom stereocenters. The summed E-state index contributed by atoms with van der Waals surface area (Å²) in [6.07, 6.45) is 2.90. The van der Waals surface area contributed by atoms with Crippen LogP contribution in [0.5, 0.6) is 0 Å². The highest BCUT2D eigenvalue weighted by atomic mass is 16.7. The average molecular weight is 394 g/mol. The Balaban J connectivity index is 1.75. The highest BCUT2D eigenvalue weighted by Gasteiger charge is 2.58. The van der Waals surface area contributed by atoms with Crippen LogP contribution in [0.2, 0.25) is 0 Å². The summed E-state index contributed by atoms with van der Waals surface area (Å²) in [7, 11) is 0. The molecule has 1 aromatic heterocycles. The number of Topliss-reactive ketones (excluding diaryl/α,β-unsaturated/α-hetero) is 1. The molecule has 0 saturated carbocycles. The van der Waals surface area contributed by atoms with E-state index >= 15 is 0 Å². The summed E-state index contributed by atoms with van der Waals surface area (Å²) < 4.78 is 1.47. The first-order valence-corrected chi connectivity index (χ1v) is 9.62. The van der Waals surface area contributed by atoms with Gasteiger partial charge in [-0.05, 0) is 5.56 Å². The summed E-state index contributed by atoms with van der Waals surface area (Å²) in [6.45, 7) is 0. The van der Waals surface area contributed by atoms with E-state index in [9.17, 15) is 4.79 Å². The Morgan fingerprint density at radius 3 is 2.13 bits per heavy atom. The molecule has 5 rings (SSSR count). The van der Waals surface area contributed by atoms with Crippen molar-refractivity contribution in [2.75, 3.05) is 0 Å². The normalized spacial score (nSPS) is 20.4. The van der Waals surface area contributed by atoms with Gasteiger partial charge in [-0.1, -0.05) is 96.2 Å². The van der Waals surface area contributed by atoms with Crippen molar-refractivity contribution in [1.82, 2.24) is 14.8 Å². The molecule has 0 fully saturated rings. The molecule has 0 spiro atoms. The van der Waals surface area contributed by atoms with Crippen LogP contribution < -0.4 is 0 Å². The molecule has 30 heavy (non-hydrogen) atoms. The minimum absolute atomic E-state index is 0.239. The highest BCUT2D eigenvalue weighted by Crippen LogP contribution is 2.45. The van der Waals surface area contributed by atoms with Crippen molar-refractivity contribution < 1.29 is 9.63 Å². The Bertz CT molecular complexity index is 1180. The molecule has 0 bridgehead atoms. The predicted octanol–water partition coefficient (Wildman–Crippen LogP) is 4.03. The van der Waals surface area contributed by atoms with Crippen molar-refractivity contribution >= 4 is 11.5 Å². The van der Waals surface area contributed by atoms with Crippen molar-refractivity contribution in [3.63, 3.8) is 0 Å². The number of ketones is 1. The van der Waals surface area contributed by atoms with Crippen LogP contribution in [0.25, 0.3) is 0 Å². The molecule has 1 aliphatic heterocycles. The number of nitrogens with zero attached hydrogens (tertiary/aromatic N) is 4. The molecule has 1 aliphatic rings. The van der Waals surface area contributed by atoms with E-state index in [0.717, 1.165) is 11.1 Å². The van der Waals surface area contributed by atoms with Gasteiger partial charge >= 0.3 is 5.72 Å². The van der Waals surface area contributed by atoms with Crippen LogP contribution in [-0.2, 0) is 10.6 Å². The molecular formula is C24H18N4O2. The van der Waals surface area contributed by atoms with Crippen molar-refractivity contribution in [1.29, 1.82) is 0 Å². The lowest BCUT2D eigenvalue weighted by molar-refractivity contribution is -0.0711. The number of carbonyl (C=O) groups is 1. The van der Waals surface area contributed by atoms with Crippen LogP contribution in [0.4, 0.5) is 0 Å². The van der Waals surface area contributed by atoms with Gasteiger partial charge in [0, 0.05) is 11.1 Å². The van der Waals surface area contributed by atoms with E-state index in [1.807, 2.05) is 78.9 Å². The molecule has 0 aliphatic carbocycles. The Morgan fingerprint density at radius 2 is 1.50 bits per heavy atom. The third-order valence-electron chi connectivity index (χ3n) is 5.27. The molecule has 2 heterocycles. The van der Waals surface area contributed by atoms with E-state index in [1.165, 1.54) is 17.3 Å². The standard InChI is InChI=1S/C24H18N4O2/c29-23(20-14-8-3-9-15-20)24(28-17-25-16-26-28)21(18-10-4-1-5-11-18)22(27-30-24)19-12-6-2-7-13-19/h1-17,21H. The van der Waals surface area contributed by atoms with Gasteiger partial charge in [0.1, 0.15) is 24.3 Å². The second-order valence-corrected chi connectivity index (χ2v) is 7.01. The topological polar surface area (TPSA) is 69.4 Å². The van der Waals surface area contributed by atoms with E-state index < -0.39 is 11.6 Å². The van der Waals surface area contributed by atoms with Crippen molar-refractivity contribution in [3.8, 4) is 0 Å². The third-order valence-corrected chi connectivity index (χ3v) is 5.27. The summed E-state index contributed by atoms with van der Waals surface area (Å²) in [6, 6.07) is 28.6. The predicted molar refractivity (Wildman–Crippen MR) is 112 cm³/mol. The van der Waals surface area contributed by atoms with Crippen molar-refractivity contribution in [3.05, 3.63) is 120 Å². The minimum atomic E-state index is -1.52. The number of aromatic nitrogens is 3. The Morgan fingerprint density at radius 1 is 0.867 bits per heavy atom. The highest BCUT2D eigenvalue weighted by molar-refractivity contribution is 6.13. The molecule has 4 aromatic rings. The largest absolute Gasteiger partial charge is 0.355 e. The zero-order chi connectivity index (χ0) is 20.4. The summed E-state index contributed by atoms with van der Waals surface area (Å²) in [5.74, 6) is -0.757. The number of carbonyl (C=O) groups excluding carboxylic acids is 1. The molecule has 0 N–H and O–H groups in total. The fourth-order valence-electron chi connectivity index (χ4n) is 3.89. The number of rotatable bonds is 5. The van der Waals surface area contributed by atoms with E-state index in [1.54, 1.807) is 12.1 Å². The summed E-state index contributed by atoms with van der Waals surface area (Å²) in [5, 5.41) is 8.73. The second kappa shape index (κ2) is 7.40. The molecule has 0 radical (unpaired) electrons. The summed E-state index contributed by atoms with van der Waals surface area (Å²) in [4.78, 5) is 24.1. The molecular weight excluding hydrogens is 376 g/mol. The van der Waals surface area contributed by atoms with Crippen LogP contribution in [0, 0.1) is 0 Å². The SMILES string of the molecule is O=C(c1ccccc1)C1(n2cncn2)ON=C(c2ccccc2)C1c1ccccc1. The fourth-order valence-corrected chi connectivity index (χ4v) is 3.89. The third kappa shape index (κ3) is 2.81. The molecule has 2 unspecified atom stereocenters. The smallest absolute Gasteiger partial charge is 0.305 e. The summed E-state index contributed by atoms with van der Waals surface area (Å²) >= 11 is 0. The Hall–Kier alpha value is -4.06. The lowest BCUT2D eigenvalue weighted by Gasteiger charge is -2.32. The first kappa shape index (κ1) is 18.0. The molecule has 146 valence electrons. The van der Waals surface area contributed by atoms with Crippen LogP contribution >= 0.6 is 0 Å². The van der Waals surface area contributed by atoms with E-state index in [-0.39, 0.29) is 5.78 Å². The van der Waals surface area contributed by atoms with Gasteiger partial charge in [-0.3, -0.25) is 4.79 Å². The lowest BCUT2D eigenvalue weighted by atomic mass is 9.78. The average Bonchev–Trinajstić information content (AvgIpc) is 3.49. The van der Waals surface area contributed by atoms with Gasteiger partial charge in [0.15, 0.2) is 0 Å². The first-order valence-electron chi connectivity index (χ1n) is 9.62. The van der Waals surface area contributed by atoms with E-state index in [2.05, 4.69) is 15.2 Å². The van der Waals surface area contributed by atoms with Crippen LogP contribution in [-0.4, -0.2) is 26.3 Å². The van der Waals surface area contributed by atoms with E-state index in [4.69, 9.17) is 4.84 Å². The summed E-state index contributed by atoms with van der Waals surface area (Å²) in [5.41, 5.74) is 1.44. The number of benzene rings is 3. The van der Waals surface area contributed by atoms with Crippen molar-refractivity contribution in [2.45, 2.75) is 11.6 Å². The van der Waals surface area contributed by atoms with Gasteiger partial charge in [0.25, 0.3) is 0 Å². The monoisotopic (exact) mass is 394 g/mol. The maximum atomic E-state index is 13.9. The minimum Gasteiger partial charge on any atom is -0.355 e. The Kier molecular flexibility index (Phi) is 4.44. The zero-order valence-electron chi connectivity index (χ0n) is 16.0. The van der Waals surface area contributed by atoms with Crippen molar-refractivity contribution in [2.24, 2.45) is 5.16 Å². The number of oxime groups is 1. The van der Waals surface area contributed by atoms with Gasteiger partial charge in [0.2, 0.25) is 5.78 Å². The van der Waals surface area contributed by atoms with Gasteiger partial charge < -0.3 is 4.84 Å². The van der Waals surface area contributed by atoms with Gasteiger partial charge in [0.05, 0.1) is 0 Å². The Labute approximate surface area is 173 Å². The molecule has 6 heteroatoms. The molecule has 3 aromatic carbocycles.